The Balaban J connectivity index is 2.04. The fourth-order valence-electron chi connectivity index (χ4n) is 1.69. The summed E-state index contributed by atoms with van der Waals surface area (Å²) in [5, 5.41) is 2.83. The number of aromatic nitrogens is 2. The first-order valence-electron chi connectivity index (χ1n) is 5.68. The van der Waals surface area contributed by atoms with Crippen LogP contribution in [0.2, 0.25) is 0 Å². The summed E-state index contributed by atoms with van der Waals surface area (Å²) in [5.41, 5.74) is 8.98. The molecule has 0 saturated carbocycles. The number of nitrogens with two attached hydrogens (primary N) is 1. The Morgan fingerprint density at radius 2 is 2.28 bits per heavy atom. The van der Waals surface area contributed by atoms with E-state index in [0.717, 1.165) is 16.8 Å². The SMILES string of the molecule is Cc1c(N)cccc1CNC(=O)c1cn(C)cn1. The maximum atomic E-state index is 11.8. The van der Waals surface area contributed by atoms with Gasteiger partial charge in [0.15, 0.2) is 0 Å². The summed E-state index contributed by atoms with van der Waals surface area (Å²) < 4.78 is 1.74. The summed E-state index contributed by atoms with van der Waals surface area (Å²) in [6.07, 6.45) is 3.28. The summed E-state index contributed by atoms with van der Waals surface area (Å²) >= 11 is 0. The molecule has 18 heavy (non-hydrogen) atoms. The van der Waals surface area contributed by atoms with Gasteiger partial charge in [-0.3, -0.25) is 4.79 Å². The molecule has 1 heterocycles. The van der Waals surface area contributed by atoms with Crippen molar-refractivity contribution in [3.63, 3.8) is 0 Å². The van der Waals surface area contributed by atoms with Gasteiger partial charge in [-0.1, -0.05) is 12.1 Å². The summed E-state index contributed by atoms with van der Waals surface area (Å²) in [6, 6.07) is 5.67. The second-order valence-electron chi connectivity index (χ2n) is 4.24. The highest BCUT2D eigenvalue weighted by Gasteiger charge is 2.09. The summed E-state index contributed by atoms with van der Waals surface area (Å²) in [5.74, 6) is -0.183. The van der Waals surface area contributed by atoms with Gasteiger partial charge in [0, 0.05) is 25.5 Å². The predicted octanol–water partition coefficient (Wildman–Crippen LogP) is 1.24. The summed E-state index contributed by atoms with van der Waals surface area (Å²) in [4.78, 5) is 15.8. The van der Waals surface area contributed by atoms with Gasteiger partial charge in [-0.25, -0.2) is 4.98 Å². The minimum atomic E-state index is -0.183. The lowest BCUT2D eigenvalue weighted by Gasteiger charge is -2.08. The minimum absolute atomic E-state index is 0.183. The van der Waals surface area contributed by atoms with Crippen molar-refractivity contribution in [1.29, 1.82) is 0 Å². The average Bonchev–Trinajstić information content (AvgIpc) is 2.77. The lowest BCUT2D eigenvalue weighted by Crippen LogP contribution is -2.23. The van der Waals surface area contributed by atoms with Crippen molar-refractivity contribution in [2.45, 2.75) is 13.5 Å². The van der Waals surface area contributed by atoms with E-state index in [1.807, 2.05) is 32.2 Å². The molecule has 5 nitrogen and oxygen atoms in total. The number of hydrogen-bond acceptors (Lipinski definition) is 3. The van der Waals surface area contributed by atoms with Gasteiger partial charge in [0.2, 0.25) is 0 Å². The Kier molecular flexibility index (Phi) is 3.32. The van der Waals surface area contributed by atoms with Crippen LogP contribution in [0.1, 0.15) is 21.6 Å². The van der Waals surface area contributed by atoms with Gasteiger partial charge in [-0.2, -0.15) is 0 Å². The van der Waals surface area contributed by atoms with Crippen LogP contribution in [-0.4, -0.2) is 15.5 Å². The van der Waals surface area contributed by atoms with Crippen molar-refractivity contribution in [1.82, 2.24) is 14.9 Å². The van der Waals surface area contributed by atoms with Crippen molar-refractivity contribution in [2.75, 3.05) is 5.73 Å². The highest BCUT2D eigenvalue weighted by molar-refractivity contribution is 5.92. The Labute approximate surface area is 106 Å². The van der Waals surface area contributed by atoms with Gasteiger partial charge >= 0.3 is 0 Å². The molecule has 0 aliphatic carbocycles. The lowest BCUT2D eigenvalue weighted by atomic mass is 10.1. The maximum absolute atomic E-state index is 11.8. The van der Waals surface area contributed by atoms with E-state index in [9.17, 15) is 4.79 Å². The van der Waals surface area contributed by atoms with E-state index in [-0.39, 0.29) is 5.91 Å². The van der Waals surface area contributed by atoms with Crippen molar-refractivity contribution >= 4 is 11.6 Å². The molecule has 1 aromatic heterocycles. The highest BCUT2D eigenvalue weighted by atomic mass is 16.1. The van der Waals surface area contributed by atoms with E-state index in [0.29, 0.717) is 12.2 Å². The molecule has 1 amide bonds. The summed E-state index contributed by atoms with van der Waals surface area (Å²) in [7, 11) is 1.83. The second kappa shape index (κ2) is 4.91. The average molecular weight is 244 g/mol. The zero-order chi connectivity index (χ0) is 13.1. The Morgan fingerprint density at radius 3 is 2.94 bits per heavy atom. The molecule has 0 aliphatic rings. The first-order valence-corrected chi connectivity index (χ1v) is 5.68. The number of nitrogen functional groups attached to an aromatic ring is 1. The van der Waals surface area contributed by atoms with Gasteiger partial charge in [0.1, 0.15) is 5.69 Å². The van der Waals surface area contributed by atoms with E-state index in [2.05, 4.69) is 10.3 Å². The molecule has 5 heteroatoms. The smallest absolute Gasteiger partial charge is 0.271 e. The predicted molar refractivity (Wildman–Crippen MR) is 70.0 cm³/mol. The largest absolute Gasteiger partial charge is 0.399 e. The standard InChI is InChI=1S/C13H16N4O/c1-9-10(4-3-5-11(9)14)6-15-13(18)12-7-17(2)8-16-12/h3-5,7-8H,6,14H2,1-2H3,(H,15,18). The first kappa shape index (κ1) is 12.2. The van der Waals surface area contributed by atoms with Crippen LogP contribution < -0.4 is 11.1 Å². The number of nitrogens with zero attached hydrogens (tertiary/aromatic N) is 2. The van der Waals surface area contributed by atoms with Gasteiger partial charge in [-0.05, 0) is 24.1 Å². The van der Waals surface area contributed by atoms with Crippen LogP contribution in [0.4, 0.5) is 5.69 Å². The number of anilines is 1. The molecule has 1 aromatic carbocycles. The fourth-order valence-corrected chi connectivity index (χ4v) is 1.69. The third kappa shape index (κ3) is 2.51. The molecule has 0 radical (unpaired) electrons. The lowest BCUT2D eigenvalue weighted by molar-refractivity contribution is 0.0946. The Hall–Kier alpha value is -2.30. The molecule has 2 rings (SSSR count). The normalized spacial score (nSPS) is 10.3. The number of carbonyl (C=O) groups is 1. The van der Waals surface area contributed by atoms with Crippen LogP contribution in [0.5, 0.6) is 0 Å². The van der Waals surface area contributed by atoms with Crippen LogP contribution in [0, 0.1) is 6.92 Å². The van der Waals surface area contributed by atoms with Crippen molar-refractivity contribution in [3.05, 3.63) is 47.5 Å². The number of nitrogens with one attached hydrogen (secondary N) is 1. The number of hydrogen-bond donors (Lipinski definition) is 2. The molecule has 0 unspecified atom stereocenters. The van der Waals surface area contributed by atoms with Gasteiger partial charge < -0.3 is 15.6 Å². The number of carbonyl (C=O) groups excluding carboxylic acids is 1. The number of aryl methyl sites for hydroxylation is 1. The molecule has 0 fully saturated rings. The van der Waals surface area contributed by atoms with E-state index in [1.54, 1.807) is 17.1 Å². The quantitative estimate of drug-likeness (QED) is 0.798. The van der Waals surface area contributed by atoms with Crippen molar-refractivity contribution < 1.29 is 4.79 Å². The Bertz CT molecular complexity index is 574. The Morgan fingerprint density at radius 1 is 1.50 bits per heavy atom. The molecular weight excluding hydrogens is 228 g/mol. The second-order valence-corrected chi connectivity index (χ2v) is 4.24. The molecular formula is C13H16N4O. The van der Waals surface area contributed by atoms with Crippen molar-refractivity contribution in [3.8, 4) is 0 Å². The first-order chi connectivity index (χ1) is 8.58. The van der Waals surface area contributed by atoms with Gasteiger partial charge in [0.25, 0.3) is 5.91 Å². The van der Waals surface area contributed by atoms with Crippen LogP contribution in [0.25, 0.3) is 0 Å². The number of benzene rings is 1. The topological polar surface area (TPSA) is 72.9 Å². The zero-order valence-corrected chi connectivity index (χ0v) is 10.5. The van der Waals surface area contributed by atoms with E-state index >= 15 is 0 Å². The third-order valence-corrected chi connectivity index (χ3v) is 2.86. The van der Waals surface area contributed by atoms with Crippen LogP contribution in [0.15, 0.2) is 30.7 Å². The number of imidazole rings is 1. The van der Waals surface area contributed by atoms with Crippen LogP contribution in [-0.2, 0) is 13.6 Å². The molecule has 3 N–H and O–H groups in total. The van der Waals surface area contributed by atoms with Crippen molar-refractivity contribution in [2.24, 2.45) is 7.05 Å². The van der Waals surface area contributed by atoms with E-state index < -0.39 is 0 Å². The number of amides is 1. The zero-order valence-electron chi connectivity index (χ0n) is 10.5. The molecule has 0 atom stereocenters. The van der Waals surface area contributed by atoms with Crippen LogP contribution >= 0.6 is 0 Å². The minimum Gasteiger partial charge on any atom is -0.399 e. The maximum Gasteiger partial charge on any atom is 0.271 e. The van der Waals surface area contributed by atoms with Gasteiger partial charge in [0.05, 0.1) is 6.33 Å². The van der Waals surface area contributed by atoms with E-state index in [4.69, 9.17) is 5.73 Å². The molecule has 94 valence electrons. The molecule has 0 spiro atoms. The molecule has 0 bridgehead atoms. The monoisotopic (exact) mass is 244 g/mol. The molecule has 0 aliphatic heterocycles. The van der Waals surface area contributed by atoms with Crippen LogP contribution in [0.3, 0.4) is 0 Å². The third-order valence-electron chi connectivity index (χ3n) is 2.86. The highest BCUT2D eigenvalue weighted by Crippen LogP contribution is 2.15. The summed E-state index contributed by atoms with van der Waals surface area (Å²) in [6.45, 7) is 2.39. The van der Waals surface area contributed by atoms with E-state index in [1.165, 1.54) is 0 Å². The molecule has 0 saturated heterocycles. The fraction of sp³-hybridized carbons (Fsp3) is 0.231. The molecule has 2 aromatic rings. The van der Waals surface area contributed by atoms with Gasteiger partial charge in [-0.15, -0.1) is 0 Å². The number of rotatable bonds is 3.